The van der Waals surface area contributed by atoms with Crippen LogP contribution in [0.2, 0.25) is 0 Å². The van der Waals surface area contributed by atoms with Crippen LogP contribution in [-0.4, -0.2) is 52.3 Å². The minimum Gasteiger partial charge on any atom is -0.408 e. The molecule has 0 radical (unpaired) electrons. The highest BCUT2D eigenvalue weighted by molar-refractivity contribution is 7.99. The number of hydrogen-bond acceptors (Lipinski definition) is 6. The molecule has 0 spiro atoms. The van der Waals surface area contributed by atoms with Gasteiger partial charge in [-0.1, -0.05) is 50.8 Å². The molecule has 1 fully saturated rings. The Bertz CT molecular complexity index is 573. The van der Waals surface area contributed by atoms with Crippen LogP contribution < -0.4 is 5.32 Å². The van der Waals surface area contributed by atoms with Crippen molar-refractivity contribution in [2.45, 2.75) is 76.0 Å². The topological polar surface area (TPSA) is 88.3 Å². The number of aromatic nitrogens is 2. The van der Waals surface area contributed by atoms with Crippen LogP contribution in [0.5, 0.6) is 0 Å². The van der Waals surface area contributed by atoms with Gasteiger partial charge in [0.1, 0.15) is 0 Å². The Morgan fingerprint density at radius 3 is 2.73 bits per heavy atom. The van der Waals surface area contributed by atoms with E-state index in [4.69, 9.17) is 4.42 Å². The Hall–Kier alpha value is -1.57. The molecule has 146 valence electrons. The lowest BCUT2D eigenvalue weighted by Gasteiger charge is -2.26. The Morgan fingerprint density at radius 2 is 2.00 bits per heavy atom. The predicted molar refractivity (Wildman–Crippen MR) is 102 cm³/mol. The van der Waals surface area contributed by atoms with Crippen molar-refractivity contribution in [3.8, 4) is 0 Å². The van der Waals surface area contributed by atoms with Crippen LogP contribution in [0.25, 0.3) is 0 Å². The van der Waals surface area contributed by atoms with E-state index < -0.39 is 0 Å². The first-order chi connectivity index (χ1) is 12.6. The summed E-state index contributed by atoms with van der Waals surface area (Å²) in [5.74, 6) is 0.633. The number of hydrogen-bond donors (Lipinski definition) is 1. The summed E-state index contributed by atoms with van der Waals surface area (Å²) in [4.78, 5) is 25.8. The van der Waals surface area contributed by atoms with Crippen molar-refractivity contribution in [2.24, 2.45) is 0 Å². The molecule has 2 rings (SSSR count). The van der Waals surface area contributed by atoms with Crippen molar-refractivity contribution >= 4 is 23.6 Å². The molecular formula is C18H30N4O3S. The van der Waals surface area contributed by atoms with E-state index in [0.29, 0.717) is 30.0 Å². The molecule has 8 heteroatoms. The molecular weight excluding hydrogens is 352 g/mol. The zero-order valence-electron chi connectivity index (χ0n) is 15.8. The zero-order valence-corrected chi connectivity index (χ0v) is 16.6. The van der Waals surface area contributed by atoms with E-state index in [1.54, 1.807) is 11.9 Å². The maximum Gasteiger partial charge on any atom is 0.317 e. The summed E-state index contributed by atoms with van der Waals surface area (Å²) in [6, 6.07) is 0.276. The lowest BCUT2D eigenvalue weighted by atomic mass is 9.96. The number of thioether (sulfide) groups is 1. The fraction of sp³-hybridized carbons (Fsp3) is 0.778. The number of rotatable bonds is 10. The lowest BCUT2D eigenvalue weighted by molar-refractivity contribution is 0.0940. The zero-order chi connectivity index (χ0) is 18.8. The van der Waals surface area contributed by atoms with E-state index in [1.807, 2.05) is 0 Å². The van der Waals surface area contributed by atoms with Gasteiger partial charge in [-0.05, 0) is 19.3 Å². The number of ketones is 1. The number of carbonyl (C=O) groups excluding carboxylic acids is 2. The van der Waals surface area contributed by atoms with E-state index in [0.717, 1.165) is 32.1 Å². The maximum atomic E-state index is 12.2. The van der Waals surface area contributed by atoms with Gasteiger partial charge in [0.05, 0.1) is 0 Å². The Labute approximate surface area is 159 Å². The maximum absolute atomic E-state index is 12.2. The molecule has 1 aliphatic rings. The molecule has 1 aliphatic carbocycles. The molecule has 0 atom stereocenters. The summed E-state index contributed by atoms with van der Waals surface area (Å²) < 4.78 is 5.41. The van der Waals surface area contributed by atoms with Crippen molar-refractivity contribution in [3.05, 3.63) is 5.89 Å². The third kappa shape index (κ3) is 6.97. The molecule has 7 nitrogen and oxygen atoms in total. The third-order valence-electron chi connectivity index (χ3n) is 4.58. The van der Waals surface area contributed by atoms with Gasteiger partial charge >= 0.3 is 6.03 Å². The Balaban J connectivity index is 1.66. The molecule has 0 unspecified atom stereocenters. The molecule has 1 aromatic heterocycles. The van der Waals surface area contributed by atoms with Gasteiger partial charge in [0.2, 0.25) is 5.78 Å². The van der Waals surface area contributed by atoms with Crippen LogP contribution in [0.4, 0.5) is 4.79 Å². The molecule has 0 saturated heterocycles. The molecule has 26 heavy (non-hydrogen) atoms. The van der Waals surface area contributed by atoms with Crippen molar-refractivity contribution in [3.63, 3.8) is 0 Å². The fourth-order valence-electron chi connectivity index (χ4n) is 2.93. The summed E-state index contributed by atoms with van der Waals surface area (Å²) in [5, 5.41) is 11.2. The first-order valence-electron chi connectivity index (χ1n) is 9.61. The summed E-state index contributed by atoms with van der Waals surface area (Å²) in [6.45, 7) is 2.67. The van der Waals surface area contributed by atoms with Gasteiger partial charge in [0, 0.05) is 31.8 Å². The van der Waals surface area contributed by atoms with Crippen LogP contribution >= 0.6 is 11.8 Å². The number of urea groups is 1. The molecule has 1 saturated carbocycles. The van der Waals surface area contributed by atoms with Gasteiger partial charge < -0.3 is 14.6 Å². The highest BCUT2D eigenvalue weighted by atomic mass is 32.2. The van der Waals surface area contributed by atoms with E-state index in [9.17, 15) is 9.59 Å². The second-order valence-corrected chi connectivity index (χ2v) is 7.85. The normalized spacial score (nSPS) is 15.0. The van der Waals surface area contributed by atoms with Crippen LogP contribution in [0, 0.1) is 0 Å². The van der Waals surface area contributed by atoms with Crippen molar-refractivity contribution in [1.29, 1.82) is 0 Å². The van der Waals surface area contributed by atoms with Gasteiger partial charge in [-0.25, -0.2) is 4.79 Å². The molecule has 0 aliphatic heterocycles. The molecule has 1 N–H and O–H groups in total. The van der Waals surface area contributed by atoms with Gasteiger partial charge in [-0.2, -0.15) is 0 Å². The predicted octanol–water partition coefficient (Wildman–Crippen LogP) is 3.90. The SMILES string of the molecule is CCCCCC(=O)c1nnc(SCCN(C)C(=O)NC2CCCCC2)o1. The Kier molecular flexibility index (Phi) is 8.94. The molecule has 1 aromatic rings. The van der Waals surface area contributed by atoms with Crippen LogP contribution in [-0.2, 0) is 0 Å². The van der Waals surface area contributed by atoms with Gasteiger partial charge in [0.25, 0.3) is 11.1 Å². The largest absolute Gasteiger partial charge is 0.408 e. The van der Waals surface area contributed by atoms with Crippen LogP contribution in [0.1, 0.15) is 75.4 Å². The number of nitrogens with one attached hydrogen (secondary N) is 1. The number of amides is 2. The first-order valence-corrected chi connectivity index (χ1v) is 10.6. The van der Waals surface area contributed by atoms with Gasteiger partial charge in [-0.15, -0.1) is 10.2 Å². The summed E-state index contributed by atoms with van der Waals surface area (Å²) in [7, 11) is 1.79. The monoisotopic (exact) mass is 382 g/mol. The fourth-order valence-corrected chi connectivity index (χ4v) is 3.70. The number of unbranched alkanes of at least 4 members (excludes halogenated alkanes) is 2. The second-order valence-electron chi connectivity index (χ2n) is 6.81. The van der Waals surface area contributed by atoms with Gasteiger partial charge in [0.15, 0.2) is 0 Å². The minimum atomic E-state index is -0.0956. The van der Waals surface area contributed by atoms with Crippen LogP contribution in [0.3, 0.4) is 0 Å². The Morgan fingerprint density at radius 1 is 1.23 bits per heavy atom. The highest BCUT2D eigenvalue weighted by Crippen LogP contribution is 2.19. The first kappa shape index (κ1) is 20.7. The molecule has 0 bridgehead atoms. The third-order valence-corrected chi connectivity index (χ3v) is 5.38. The highest BCUT2D eigenvalue weighted by Gasteiger charge is 2.18. The molecule has 0 aromatic carbocycles. The quantitative estimate of drug-likeness (QED) is 0.375. The summed E-state index contributed by atoms with van der Waals surface area (Å²) in [6.07, 6.45) is 9.20. The van der Waals surface area contributed by atoms with E-state index >= 15 is 0 Å². The number of Topliss-reactive ketones (excluding diaryl/α,β-unsaturated/α-hetero) is 1. The standard InChI is InChI=1S/C18H30N4O3S/c1-3-4-6-11-15(23)16-20-21-18(25-16)26-13-12-22(2)17(24)19-14-9-7-5-8-10-14/h14H,3-13H2,1-2H3,(H,19,24). The minimum absolute atomic E-state index is 0.0326. The van der Waals surface area contributed by atoms with E-state index in [1.165, 1.54) is 31.0 Å². The second kappa shape index (κ2) is 11.2. The number of nitrogens with zero attached hydrogens (tertiary/aromatic N) is 3. The summed E-state index contributed by atoms with van der Waals surface area (Å²) >= 11 is 1.36. The van der Waals surface area contributed by atoms with Crippen molar-refractivity contribution in [1.82, 2.24) is 20.4 Å². The lowest BCUT2D eigenvalue weighted by Crippen LogP contribution is -2.44. The van der Waals surface area contributed by atoms with Crippen molar-refractivity contribution < 1.29 is 14.0 Å². The summed E-state index contributed by atoms with van der Waals surface area (Å²) in [5.41, 5.74) is 0. The number of carbonyl (C=O) groups is 2. The smallest absolute Gasteiger partial charge is 0.317 e. The average molecular weight is 383 g/mol. The average Bonchev–Trinajstić information content (AvgIpc) is 3.11. The van der Waals surface area contributed by atoms with E-state index in [2.05, 4.69) is 22.4 Å². The van der Waals surface area contributed by atoms with Gasteiger partial charge in [-0.3, -0.25) is 4.79 Å². The molecule has 1 heterocycles. The molecule has 2 amide bonds. The van der Waals surface area contributed by atoms with Crippen molar-refractivity contribution in [2.75, 3.05) is 19.3 Å². The van der Waals surface area contributed by atoms with Crippen LogP contribution in [0.15, 0.2) is 9.64 Å². The van der Waals surface area contributed by atoms with E-state index in [-0.39, 0.29) is 17.7 Å².